The van der Waals surface area contributed by atoms with Crippen LogP contribution in [-0.2, 0) is 6.42 Å². The summed E-state index contributed by atoms with van der Waals surface area (Å²) in [6, 6.07) is 8.38. The van der Waals surface area contributed by atoms with Gasteiger partial charge in [-0.15, -0.1) is 0 Å². The predicted molar refractivity (Wildman–Crippen MR) is 84.0 cm³/mol. The van der Waals surface area contributed by atoms with Crippen LogP contribution in [0.2, 0.25) is 0 Å². The van der Waals surface area contributed by atoms with E-state index in [1.165, 1.54) is 12.1 Å². The third kappa shape index (κ3) is 5.38. The molecule has 2 rings (SSSR count). The molecule has 1 aromatic carbocycles. The van der Waals surface area contributed by atoms with Crippen molar-refractivity contribution < 1.29 is 4.39 Å². The minimum absolute atomic E-state index is 0.0767. The molecule has 0 aliphatic carbocycles. The first-order chi connectivity index (χ1) is 9.92. The molecule has 4 nitrogen and oxygen atoms in total. The van der Waals surface area contributed by atoms with Gasteiger partial charge in [-0.25, -0.2) is 9.37 Å². The maximum absolute atomic E-state index is 12.8. The summed E-state index contributed by atoms with van der Waals surface area (Å²) in [7, 11) is 0. The molecule has 112 valence electrons. The quantitative estimate of drug-likeness (QED) is 0.884. The van der Waals surface area contributed by atoms with E-state index >= 15 is 0 Å². The number of aromatic nitrogens is 2. The normalized spacial score (nSPS) is 11.2. The molecule has 2 aromatic rings. The van der Waals surface area contributed by atoms with Crippen molar-refractivity contribution in [2.75, 3.05) is 17.2 Å². The van der Waals surface area contributed by atoms with E-state index < -0.39 is 0 Å². The summed E-state index contributed by atoms with van der Waals surface area (Å²) in [4.78, 5) is 8.61. The zero-order valence-electron chi connectivity index (χ0n) is 12.7. The second-order valence-electron chi connectivity index (χ2n) is 5.94. The summed E-state index contributed by atoms with van der Waals surface area (Å²) in [5.74, 6) is 1.17. The second kappa shape index (κ2) is 6.52. The van der Waals surface area contributed by atoms with Gasteiger partial charge in [0.2, 0.25) is 5.95 Å². The highest BCUT2D eigenvalue weighted by molar-refractivity contribution is 5.40. The Kier molecular flexibility index (Phi) is 4.73. The summed E-state index contributed by atoms with van der Waals surface area (Å²) >= 11 is 0. The molecule has 0 unspecified atom stereocenters. The van der Waals surface area contributed by atoms with Gasteiger partial charge in [0.05, 0.1) is 0 Å². The fraction of sp³-hybridized carbons (Fsp3) is 0.375. The van der Waals surface area contributed by atoms with Crippen LogP contribution < -0.4 is 10.6 Å². The highest BCUT2D eigenvalue weighted by atomic mass is 19.1. The molecule has 0 radical (unpaired) electrons. The van der Waals surface area contributed by atoms with E-state index in [9.17, 15) is 4.39 Å². The number of benzene rings is 1. The molecule has 0 fully saturated rings. The van der Waals surface area contributed by atoms with E-state index in [0.29, 0.717) is 5.95 Å². The molecule has 0 bridgehead atoms. The molecule has 0 aliphatic heterocycles. The summed E-state index contributed by atoms with van der Waals surface area (Å²) in [6.45, 7) is 6.92. The molecule has 0 amide bonds. The average Bonchev–Trinajstić information content (AvgIpc) is 2.39. The van der Waals surface area contributed by atoms with Crippen LogP contribution in [0.25, 0.3) is 0 Å². The molecular formula is C16H21FN4. The third-order valence-electron chi connectivity index (χ3n) is 2.78. The van der Waals surface area contributed by atoms with Crippen LogP contribution in [0.5, 0.6) is 0 Å². The lowest BCUT2D eigenvalue weighted by Gasteiger charge is -2.20. The Labute approximate surface area is 124 Å². The average molecular weight is 288 g/mol. The molecule has 0 saturated heterocycles. The Bertz CT molecular complexity index is 576. The van der Waals surface area contributed by atoms with E-state index in [4.69, 9.17) is 0 Å². The first-order valence-electron chi connectivity index (χ1n) is 7.02. The minimum Gasteiger partial charge on any atom is -0.370 e. The van der Waals surface area contributed by atoms with E-state index in [-0.39, 0.29) is 11.4 Å². The van der Waals surface area contributed by atoms with Gasteiger partial charge in [0, 0.05) is 18.3 Å². The van der Waals surface area contributed by atoms with Crippen molar-refractivity contribution >= 4 is 11.8 Å². The van der Waals surface area contributed by atoms with Gasteiger partial charge in [-0.3, -0.25) is 0 Å². The molecule has 0 aliphatic rings. The summed E-state index contributed by atoms with van der Waals surface area (Å²) in [6.07, 6.45) is 2.54. The first-order valence-corrected chi connectivity index (χ1v) is 7.02. The van der Waals surface area contributed by atoms with Crippen molar-refractivity contribution in [3.63, 3.8) is 0 Å². The second-order valence-corrected chi connectivity index (χ2v) is 5.94. The largest absolute Gasteiger partial charge is 0.370 e. The lowest BCUT2D eigenvalue weighted by atomic mass is 10.1. The Morgan fingerprint density at radius 2 is 1.81 bits per heavy atom. The van der Waals surface area contributed by atoms with Gasteiger partial charge in [0.1, 0.15) is 11.6 Å². The maximum atomic E-state index is 12.8. The molecule has 21 heavy (non-hydrogen) atoms. The number of anilines is 2. The Balaban J connectivity index is 1.88. The van der Waals surface area contributed by atoms with Crippen molar-refractivity contribution in [1.82, 2.24) is 9.97 Å². The number of hydrogen-bond donors (Lipinski definition) is 2. The van der Waals surface area contributed by atoms with E-state index in [1.54, 1.807) is 18.3 Å². The van der Waals surface area contributed by atoms with Crippen molar-refractivity contribution in [2.45, 2.75) is 32.7 Å². The highest BCUT2D eigenvalue weighted by Crippen LogP contribution is 2.12. The van der Waals surface area contributed by atoms with Gasteiger partial charge in [0.15, 0.2) is 0 Å². The van der Waals surface area contributed by atoms with Crippen LogP contribution >= 0.6 is 0 Å². The van der Waals surface area contributed by atoms with Crippen LogP contribution in [-0.4, -0.2) is 22.1 Å². The van der Waals surface area contributed by atoms with Crippen LogP contribution in [0.1, 0.15) is 26.3 Å². The van der Waals surface area contributed by atoms with Crippen molar-refractivity contribution in [1.29, 1.82) is 0 Å². The molecule has 1 aromatic heterocycles. The maximum Gasteiger partial charge on any atom is 0.224 e. The van der Waals surface area contributed by atoms with E-state index in [1.807, 2.05) is 6.07 Å². The Hall–Kier alpha value is -2.17. The van der Waals surface area contributed by atoms with Crippen LogP contribution in [0.15, 0.2) is 36.5 Å². The lowest BCUT2D eigenvalue weighted by molar-refractivity contribution is 0.625. The SMILES string of the molecule is CC(C)(C)Nc1nccc(NCCc2ccc(F)cc2)n1. The lowest BCUT2D eigenvalue weighted by Crippen LogP contribution is -2.27. The van der Waals surface area contributed by atoms with Crippen LogP contribution in [0.3, 0.4) is 0 Å². The standard InChI is InChI=1S/C16H21FN4/c1-16(2,3)21-15-19-11-9-14(20-15)18-10-8-12-4-6-13(17)7-5-12/h4-7,9,11H,8,10H2,1-3H3,(H2,18,19,20,21). The van der Waals surface area contributed by atoms with Crippen LogP contribution in [0.4, 0.5) is 16.2 Å². The minimum atomic E-state index is -0.208. The zero-order valence-corrected chi connectivity index (χ0v) is 12.7. The topological polar surface area (TPSA) is 49.8 Å². The molecule has 0 spiro atoms. The van der Waals surface area contributed by atoms with Gasteiger partial charge >= 0.3 is 0 Å². The van der Waals surface area contributed by atoms with Crippen LogP contribution in [0, 0.1) is 5.82 Å². The number of hydrogen-bond acceptors (Lipinski definition) is 4. The molecule has 0 saturated carbocycles. The zero-order chi connectivity index (χ0) is 15.3. The number of nitrogens with one attached hydrogen (secondary N) is 2. The number of halogens is 1. The summed E-state index contributed by atoms with van der Waals surface area (Å²) in [5.41, 5.74) is 1.01. The first kappa shape index (κ1) is 15.2. The molecule has 2 N–H and O–H groups in total. The smallest absolute Gasteiger partial charge is 0.224 e. The Morgan fingerprint density at radius 3 is 2.48 bits per heavy atom. The van der Waals surface area contributed by atoms with Crippen molar-refractivity contribution in [3.8, 4) is 0 Å². The summed E-state index contributed by atoms with van der Waals surface area (Å²) < 4.78 is 12.8. The molecule has 5 heteroatoms. The highest BCUT2D eigenvalue weighted by Gasteiger charge is 2.11. The van der Waals surface area contributed by atoms with Gasteiger partial charge in [-0.1, -0.05) is 12.1 Å². The third-order valence-corrected chi connectivity index (χ3v) is 2.78. The van der Waals surface area contributed by atoms with E-state index in [2.05, 4.69) is 41.4 Å². The monoisotopic (exact) mass is 288 g/mol. The van der Waals surface area contributed by atoms with Gasteiger partial charge in [-0.2, -0.15) is 4.98 Å². The Morgan fingerprint density at radius 1 is 1.10 bits per heavy atom. The fourth-order valence-electron chi connectivity index (χ4n) is 1.84. The molecule has 1 heterocycles. The molecular weight excluding hydrogens is 267 g/mol. The number of nitrogens with zero attached hydrogens (tertiary/aromatic N) is 2. The van der Waals surface area contributed by atoms with Gasteiger partial charge in [-0.05, 0) is 51.0 Å². The molecule has 0 atom stereocenters. The van der Waals surface area contributed by atoms with Crippen molar-refractivity contribution in [3.05, 3.63) is 47.9 Å². The fourth-order valence-corrected chi connectivity index (χ4v) is 1.84. The number of rotatable bonds is 5. The summed E-state index contributed by atoms with van der Waals surface area (Å²) in [5, 5.41) is 6.48. The van der Waals surface area contributed by atoms with Crippen molar-refractivity contribution in [2.24, 2.45) is 0 Å². The van der Waals surface area contributed by atoms with Gasteiger partial charge in [0.25, 0.3) is 0 Å². The van der Waals surface area contributed by atoms with Gasteiger partial charge < -0.3 is 10.6 Å². The predicted octanol–water partition coefficient (Wildman–Crippen LogP) is 3.48. The van der Waals surface area contributed by atoms with E-state index in [0.717, 1.165) is 24.3 Å².